The summed E-state index contributed by atoms with van der Waals surface area (Å²) in [5.74, 6) is 0.257. The van der Waals surface area contributed by atoms with E-state index in [0.29, 0.717) is 43.0 Å². The molecule has 2 N–H and O–H groups in total. The van der Waals surface area contributed by atoms with E-state index in [0.717, 1.165) is 28.6 Å². The maximum Gasteiger partial charge on any atom is 0.340 e. The quantitative estimate of drug-likeness (QED) is 0.282. The van der Waals surface area contributed by atoms with Gasteiger partial charge in [-0.1, -0.05) is 30.3 Å². The molecule has 0 spiro atoms. The zero-order valence-electron chi connectivity index (χ0n) is 22.0. The number of ether oxygens (including phenoxy) is 1. The number of likely N-dealkylation sites (tertiary alicyclic amines) is 1. The first kappa shape index (κ1) is 26.0. The number of nitrogens with zero attached hydrogens (tertiary/aromatic N) is 2. The van der Waals surface area contributed by atoms with Gasteiger partial charge < -0.3 is 23.8 Å². The van der Waals surface area contributed by atoms with Crippen LogP contribution in [0.25, 0.3) is 11.0 Å². The van der Waals surface area contributed by atoms with Crippen LogP contribution in [0.5, 0.6) is 5.75 Å². The molecule has 1 saturated heterocycles. The molecule has 4 heterocycles. The first-order chi connectivity index (χ1) is 19.3. The summed E-state index contributed by atoms with van der Waals surface area (Å²) in [6.45, 7) is 3.01. The Morgan fingerprint density at radius 1 is 1.10 bits per heavy atom. The van der Waals surface area contributed by atoms with Gasteiger partial charge in [0.25, 0.3) is 5.91 Å². The lowest BCUT2D eigenvalue weighted by Gasteiger charge is -2.42. The van der Waals surface area contributed by atoms with Gasteiger partial charge in [0.05, 0.1) is 0 Å². The van der Waals surface area contributed by atoms with Crippen LogP contribution in [-0.4, -0.2) is 40.3 Å². The summed E-state index contributed by atoms with van der Waals surface area (Å²) in [5, 5.41) is 20.2. The van der Waals surface area contributed by atoms with Crippen molar-refractivity contribution in [3.8, 4) is 5.75 Å². The third kappa shape index (κ3) is 4.81. The molecule has 10 nitrogen and oxygen atoms in total. The number of quaternary nitrogens is 1. The lowest BCUT2D eigenvalue weighted by Crippen LogP contribution is -3.00. The van der Waals surface area contributed by atoms with Crippen LogP contribution >= 0.6 is 0 Å². The zero-order chi connectivity index (χ0) is 28.0. The van der Waals surface area contributed by atoms with Gasteiger partial charge in [0, 0.05) is 60.7 Å². The minimum atomic E-state index is -1.24. The van der Waals surface area contributed by atoms with Crippen molar-refractivity contribution in [3.05, 3.63) is 109 Å². The number of benzene rings is 2. The molecule has 2 aliphatic rings. The number of piperidine rings is 1. The number of nitrogens with one attached hydrogen (secondary N) is 1. The molecule has 2 bridgehead atoms. The summed E-state index contributed by atoms with van der Waals surface area (Å²) in [5.41, 5.74) is 2.53. The lowest BCUT2D eigenvalue weighted by atomic mass is 9.83. The maximum absolute atomic E-state index is 13.1. The monoisotopic (exact) mass is 543 g/mol. The third-order valence-electron chi connectivity index (χ3n) is 8.03. The van der Waals surface area contributed by atoms with E-state index in [1.165, 1.54) is 6.07 Å². The van der Waals surface area contributed by atoms with Crippen molar-refractivity contribution < 1.29 is 24.4 Å². The Bertz CT molecular complexity index is 1710. The van der Waals surface area contributed by atoms with Gasteiger partial charge in [0.1, 0.15) is 11.3 Å². The number of aromatic nitrogens is 1. The predicted molar refractivity (Wildman–Crippen MR) is 146 cm³/mol. The van der Waals surface area contributed by atoms with Crippen LogP contribution < -0.4 is 21.1 Å². The van der Waals surface area contributed by atoms with Crippen molar-refractivity contribution in [1.29, 1.82) is 0 Å². The van der Waals surface area contributed by atoms with E-state index < -0.39 is 16.4 Å². The SMILES string of the molecule is Cc1c(Cc2ccccc2)c(=O)oc2cc(OCC(=O)N3CC4CC(C3)c3ccc([NH+]([O-])O)c(=O)n3C4)ccc12. The molecular formula is C30H29N3O7. The third-order valence-corrected chi connectivity index (χ3v) is 8.03. The first-order valence-corrected chi connectivity index (χ1v) is 13.3. The number of fused-ring (bicyclic) bond motifs is 5. The van der Waals surface area contributed by atoms with Crippen LogP contribution in [0.3, 0.4) is 0 Å². The first-order valence-electron chi connectivity index (χ1n) is 13.3. The van der Waals surface area contributed by atoms with Gasteiger partial charge in [-0.25, -0.2) is 10.0 Å². The van der Waals surface area contributed by atoms with Crippen LogP contribution in [-0.2, 0) is 17.8 Å². The van der Waals surface area contributed by atoms with E-state index in [9.17, 15) is 24.8 Å². The minimum absolute atomic E-state index is 0.0463. The van der Waals surface area contributed by atoms with Gasteiger partial charge in [0.15, 0.2) is 6.61 Å². The molecule has 40 heavy (non-hydrogen) atoms. The number of aryl methyl sites for hydroxylation is 1. The van der Waals surface area contributed by atoms with Gasteiger partial charge in [0.2, 0.25) is 5.69 Å². The Balaban J connectivity index is 1.15. The molecule has 10 heteroatoms. The molecule has 3 unspecified atom stereocenters. The summed E-state index contributed by atoms with van der Waals surface area (Å²) in [6, 6.07) is 18.0. The lowest BCUT2D eigenvalue weighted by molar-refractivity contribution is -0.992. The Labute approximate surface area is 229 Å². The highest BCUT2D eigenvalue weighted by molar-refractivity contribution is 5.83. The second-order valence-corrected chi connectivity index (χ2v) is 10.6. The Hall–Kier alpha value is -4.25. The summed E-state index contributed by atoms with van der Waals surface area (Å²) in [6.07, 6.45) is 1.32. The number of hydrogen-bond donors (Lipinski definition) is 2. The number of carbonyl (C=O) groups excluding carboxylic acids is 1. The number of amides is 1. The Kier molecular flexibility index (Phi) is 6.75. The van der Waals surface area contributed by atoms with Crippen molar-refractivity contribution in [2.45, 2.75) is 32.2 Å². The summed E-state index contributed by atoms with van der Waals surface area (Å²) in [4.78, 5) is 40.3. The highest BCUT2D eigenvalue weighted by Gasteiger charge is 2.37. The summed E-state index contributed by atoms with van der Waals surface area (Å²) < 4.78 is 13.0. The molecule has 1 amide bonds. The van der Waals surface area contributed by atoms with E-state index in [1.54, 1.807) is 27.7 Å². The minimum Gasteiger partial charge on any atom is -0.595 e. The van der Waals surface area contributed by atoms with Crippen molar-refractivity contribution in [3.63, 3.8) is 0 Å². The summed E-state index contributed by atoms with van der Waals surface area (Å²) >= 11 is 0. The van der Waals surface area contributed by atoms with Crippen molar-refractivity contribution >= 4 is 22.6 Å². The molecule has 3 atom stereocenters. The number of rotatable bonds is 6. The molecule has 0 saturated carbocycles. The smallest absolute Gasteiger partial charge is 0.340 e. The highest BCUT2D eigenvalue weighted by atomic mass is 16.8. The van der Waals surface area contributed by atoms with Crippen molar-refractivity contribution in [2.24, 2.45) is 5.92 Å². The number of hydrogen-bond acceptors (Lipinski definition) is 7. The average molecular weight is 544 g/mol. The normalized spacial score (nSPS) is 18.8. The van der Waals surface area contributed by atoms with Gasteiger partial charge in [-0.3, -0.25) is 9.59 Å². The molecule has 4 aromatic rings. The van der Waals surface area contributed by atoms with Crippen LogP contribution in [0.1, 0.15) is 34.7 Å². The van der Waals surface area contributed by atoms with Crippen LogP contribution in [0.15, 0.2) is 74.7 Å². The van der Waals surface area contributed by atoms with Gasteiger partial charge in [-0.05, 0) is 48.6 Å². The Morgan fingerprint density at radius 2 is 1.90 bits per heavy atom. The molecule has 1 fully saturated rings. The highest BCUT2D eigenvalue weighted by Crippen LogP contribution is 2.35. The molecule has 2 aromatic heterocycles. The molecular weight excluding hydrogens is 514 g/mol. The standard InChI is InChI=1S/C30H29N3O7/c1-18-23-8-7-22(13-27(23)40-30(36)24(18)12-19-5-3-2-4-6-19)39-17-28(34)31-14-20-11-21(16-31)25-9-10-26(33(37)38)29(35)32(25)15-20/h2-10,13,20-21,33,37H,11-12,14-17H2,1H3. The molecule has 2 aromatic carbocycles. The van der Waals surface area contributed by atoms with Crippen LogP contribution in [0.4, 0.5) is 5.69 Å². The largest absolute Gasteiger partial charge is 0.595 e. The van der Waals surface area contributed by atoms with E-state index >= 15 is 0 Å². The van der Waals surface area contributed by atoms with Crippen LogP contribution in [0.2, 0.25) is 0 Å². The average Bonchev–Trinajstić information content (AvgIpc) is 2.94. The fourth-order valence-corrected chi connectivity index (χ4v) is 6.02. The van der Waals surface area contributed by atoms with Crippen molar-refractivity contribution in [1.82, 2.24) is 9.47 Å². The van der Waals surface area contributed by atoms with E-state index in [1.807, 2.05) is 43.3 Å². The topological polar surface area (TPSA) is 129 Å². The fourth-order valence-electron chi connectivity index (χ4n) is 6.02. The van der Waals surface area contributed by atoms with Gasteiger partial charge in [-0.2, -0.15) is 5.23 Å². The molecule has 0 aliphatic carbocycles. The predicted octanol–water partition coefficient (Wildman–Crippen LogP) is 2.28. The number of carbonyl (C=O) groups is 1. The van der Waals surface area contributed by atoms with E-state index in [-0.39, 0.29) is 30.0 Å². The fraction of sp³-hybridized carbons (Fsp3) is 0.300. The van der Waals surface area contributed by atoms with Gasteiger partial charge >= 0.3 is 11.2 Å². The zero-order valence-corrected chi connectivity index (χ0v) is 22.0. The van der Waals surface area contributed by atoms with E-state index in [2.05, 4.69) is 0 Å². The van der Waals surface area contributed by atoms with Crippen LogP contribution in [0, 0.1) is 18.0 Å². The van der Waals surface area contributed by atoms with E-state index in [4.69, 9.17) is 9.15 Å². The second kappa shape index (κ2) is 10.4. The molecule has 6 rings (SSSR count). The summed E-state index contributed by atoms with van der Waals surface area (Å²) in [7, 11) is 0. The number of pyridine rings is 1. The maximum atomic E-state index is 13.1. The molecule has 206 valence electrons. The van der Waals surface area contributed by atoms with Gasteiger partial charge in [-0.15, -0.1) is 0 Å². The second-order valence-electron chi connectivity index (χ2n) is 10.6. The molecule has 0 radical (unpaired) electrons. The Morgan fingerprint density at radius 3 is 2.67 bits per heavy atom. The van der Waals surface area contributed by atoms with Crippen molar-refractivity contribution in [2.75, 3.05) is 19.7 Å². The molecule has 2 aliphatic heterocycles.